The van der Waals surface area contributed by atoms with Crippen molar-refractivity contribution in [2.24, 2.45) is 0 Å². The number of hydrogen-bond donors (Lipinski definition) is 0. The van der Waals surface area contributed by atoms with Crippen molar-refractivity contribution in [2.75, 3.05) is 6.61 Å². The molecule has 9 heteroatoms. The van der Waals surface area contributed by atoms with Crippen molar-refractivity contribution < 1.29 is 40.2 Å². The van der Waals surface area contributed by atoms with Gasteiger partial charge in [-0.1, -0.05) is 0 Å². The summed E-state index contributed by atoms with van der Waals surface area (Å²) in [5, 5.41) is 0. The molecule has 86 valence electrons. The Morgan fingerprint density at radius 3 is 1.57 bits per heavy atom. The Bertz CT molecular complexity index is 185. The fourth-order valence-electron chi connectivity index (χ4n) is 0.504. The van der Waals surface area contributed by atoms with E-state index < -0.39 is 25.2 Å². The second-order valence-electron chi connectivity index (χ2n) is 2.01. The van der Waals surface area contributed by atoms with Gasteiger partial charge in [0, 0.05) is 0 Å². The monoisotopic (exact) mass is 230 g/mol. The van der Waals surface area contributed by atoms with Gasteiger partial charge < -0.3 is 4.74 Å². The molecule has 0 bridgehead atoms. The first-order valence-electron chi connectivity index (χ1n) is 3.18. The molecule has 14 heavy (non-hydrogen) atoms. The van der Waals surface area contributed by atoms with Crippen LogP contribution < -0.4 is 0 Å². The van der Waals surface area contributed by atoms with Crippen molar-refractivity contribution >= 4 is 0 Å². The minimum absolute atomic E-state index is 0.889. The molecule has 0 aromatic carbocycles. The molecule has 0 rings (SSSR count). The molecule has 0 fully saturated rings. The first kappa shape index (κ1) is 13.4. The minimum atomic E-state index is -5.92. The summed E-state index contributed by atoms with van der Waals surface area (Å²) in [7, 11) is 0. The summed E-state index contributed by atoms with van der Waals surface area (Å²) >= 11 is 0. The number of hydrogen-bond acceptors (Lipinski definition) is 2. The Morgan fingerprint density at radius 1 is 0.929 bits per heavy atom. The van der Waals surface area contributed by atoms with Crippen molar-refractivity contribution in [1.82, 2.24) is 0 Å². The van der Waals surface area contributed by atoms with Crippen LogP contribution in [0.4, 0.5) is 30.7 Å². The van der Waals surface area contributed by atoms with E-state index in [-0.39, 0.29) is 0 Å². The molecule has 0 saturated heterocycles. The average molecular weight is 230 g/mol. The van der Waals surface area contributed by atoms with Crippen molar-refractivity contribution in [3.63, 3.8) is 0 Å². The van der Waals surface area contributed by atoms with Crippen molar-refractivity contribution in [3.05, 3.63) is 0 Å². The summed E-state index contributed by atoms with van der Waals surface area (Å²) < 4.78 is 87.1. The Morgan fingerprint density at radius 2 is 1.36 bits per heavy atom. The van der Waals surface area contributed by atoms with Crippen LogP contribution in [0.1, 0.15) is 6.92 Å². The molecule has 0 aromatic rings. The van der Waals surface area contributed by atoms with E-state index in [1.165, 1.54) is 0 Å². The van der Waals surface area contributed by atoms with Gasteiger partial charge in [0.1, 0.15) is 0 Å². The van der Waals surface area contributed by atoms with Crippen LogP contribution in [0, 0.1) is 0 Å². The predicted octanol–water partition coefficient (Wildman–Crippen LogP) is 2.74. The van der Waals surface area contributed by atoms with Crippen LogP contribution in [0.5, 0.6) is 0 Å². The molecule has 0 aliphatic carbocycles. The van der Waals surface area contributed by atoms with E-state index >= 15 is 0 Å². The second-order valence-corrected chi connectivity index (χ2v) is 2.01. The lowest BCUT2D eigenvalue weighted by molar-refractivity contribution is -0.515. The van der Waals surface area contributed by atoms with Gasteiger partial charge in [-0.05, 0) is 6.92 Å². The molecule has 0 aliphatic rings. The van der Waals surface area contributed by atoms with Gasteiger partial charge in [0.05, 0.1) is 6.61 Å². The molecule has 0 radical (unpaired) electrons. The number of rotatable bonds is 3. The van der Waals surface area contributed by atoms with E-state index in [1.54, 1.807) is 0 Å². The summed E-state index contributed by atoms with van der Waals surface area (Å²) in [6, 6.07) is -5.15. The summed E-state index contributed by atoms with van der Waals surface area (Å²) in [5.74, 6) is 0. The zero-order chi connectivity index (χ0) is 11.6. The first-order valence-corrected chi connectivity index (χ1v) is 3.18. The predicted molar refractivity (Wildman–Crippen MR) is 28.7 cm³/mol. The SMILES string of the molecule is CCOC(F)(OC(F)(F)F)C(F)(F)F. The largest absolute Gasteiger partial charge is 0.527 e. The first-order chi connectivity index (χ1) is 6.02. The Balaban J connectivity index is 4.74. The van der Waals surface area contributed by atoms with Crippen LogP contribution in [0.15, 0.2) is 0 Å². The zero-order valence-electron chi connectivity index (χ0n) is 6.67. The number of ether oxygens (including phenoxy) is 2. The van der Waals surface area contributed by atoms with Crippen LogP contribution in [0.2, 0.25) is 0 Å². The fourth-order valence-corrected chi connectivity index (χ4v) is 0.504. The standard InChI is InChI=1S/C5H5F7O2/c1-2-13-4(9,3(6,7)8)14-5(10,11)12/h2H2,1H3. The van der Waals surface area contributed by atoms with E-state index in [9.17, 15) is 30.7 Å². The highest BCUT2D eigenvalue weighted by atomic mass is 19.4. The van der Waals surface area contributed by atoms with Gasteiger partial charge >= 0.3 is 18.6 Å². The van der Waals surface area contributed by atoms with Crippen LogP contribution >= 0.6 is 0 Å². The summed E-state index contributed by atoms with van der Waals surface area (Å²) in [5.41, 5.74) is 0. The summed E-state index contributed by atoms with van der Waals surface area (Å²) in [4.78, 5) is 0. The minimum Gasteiger partial charge on any atom is -0.317 e. The topological polar surface area (TPSA) is 18.5 Å². The smallest absolute Gasteiger partial charge is 0.317 e. The average Bonchev–Trinajstić information content (AvgIpc) is 1.79. The van der Waals surface area contributed by atoms with E-state index in [0.717, 1.165) is 6.92 Å². The molecule has 0 amide bonds. The van der Waals surface area contributed by atoms with Gasteiger partial charge in [-0.15, -0.1) is 13.2 Å². The molecule has 0 N–H and O–H groups in total. The van der Waals surface area contributed by atoms with Crippen LogP contribution in [0.3, 0.4) is 0 Å². The maximum absolute atomic E-state index is 12.5. The molecule has 0 spiro atoms. The Hall–Kier alpha value is -0.570. The molecule has 1 unspecified atom stereocenters. The Labute approximate surface area is 73.6 Å². The van der Waals surface area contributed by atoms with Crippen molar-refractivity contribution in [1.29, 1.82) is 0 Å². The quantitative estimate of drug-likeness (QED) is 0.548. The molecule has 0 aromatic heterocycles. The molecular weight excluding hydrogens is 225 g/mol. The van der Waals surface area contributed by atoms with Gasteiger partial charge in [-0.25, -0.2) is 4.74 Å². The van der Waals surface area contributed by atoms with Crippen molar-refractivity contribution in [2.45, 2.75) is 25.5 Å². The van der Waals surface area contributed by atoms with Gasteiger partial charge in [0.2, 0.25) is 0 Å². The van der Waals surface area contributed by atoms with Crippen LogP contribution in [0.25, 0.3) is 0 Å². The van der Waals surface area contributed by atoms with Gasteiger partial charge in [-0.3, -0.25) is 0 Å². The molecule has 2 nitrogen and oxygen atoms in total. The highest BCUT2D eigenvalue weighted by Crippen LogP contribution is 2.40. The van der Waals surface area contributed by atoms with Crippen LogP contribution in [-0.4, -0.2) is 25.2 Å². The molecule has 0 heterocycles. The molecule has 1 atom stereocenters. The summed E-state index contributed by atoms with van der Waals surface area (Å²) in [6.07, 6.45) is -11.7. The molecule has 0 saturated carbocycles. The maximum Gasteiger partial charge on any atom is 0.527 e. The Kier molecular flexibility index (Phi) is 3.73. The third kappa shape index (κ3) is 3.66. The van der Waals surface area contributed by atoms with E-state index in [1.807, 2.05) is 0 Å². The number of alkyl halides is 7. The lowest BCUT2D eigenvalue weighted by Crippen LogP contribution is -2.49. The van der Waals surface area contributed by atoms with Gasteiger partial charge in [0.15, 0.2) is 0 Å². The highest BCUT2D eigenvalue weighted by Gasteiger charge is 2.64. The zero-order valence-corrected chi connectivity index (χ0v) is 6.67. The fraction of sp³-hybridized carbons (Fsp3) is 1.00. The number of halogens is 7. The lowest BCUT2D eigenvalue weighted by Gasteiger charge is -2.27. The third-order valence-electron chi connectivity index (χ3n) is 0.916. The molecule has 0 aliphatic heterocycles. The summed E-state index contributed by atoms with van der Waals surface area (Å²) in [6.45, 7) is -0.0358. The van der Waals surface area contributed by atoms with E-state index in [2.05, 4.69) is 9.47 Å². The second kappa shape index (κ2) is 3.89. The lowest BCUT2D eigenvalue weighted by atomic mass is 10.5. The normalized spacial score (nSPS) is 18.0. The van der Waals surface area contributed by atoms with Crippen molar-refractivity contribution in [3.8, 4) is 0 Å². The van der Waals surface area contributed by atoms with E-state index in [0.29, 0.717) is 0 Å². The van der Waals surface area contributed by atoms with Crippen LogP contribution in [-0.2, 0) is 9.47 Å². The highest BCUT2D eigenvalue weighted by molar-refractivity contribution is 4.66. The van der Waals surface area contributed by atoms with Gasteiger partial charge in [-0.2, -0.15) is 17.6 Å². The van der Waals surface area contributed by atoms with E-state index in [4.69, 9.17) is 0 Å². The van der Waals surface area contributed by atoms with Gasteiger partial charge in [0.25, 0.3) is 0 Å². The maximum atomic E-state index is 12.5. The molecular formula is C5H5F7O2. The third-order valence-corrected chi connectivity index (χ3v) is 0.916.